The van der Waals surface area contributed by atoms with E-state index in [-0.39, 0.29) is 5.91 Å². The maximum Gasteiger partial charge on any atom is 0.221 e. The summed E-state index contributed by atoms with van der Waals surface area (Å²) >= 11 is 11.6. The van der Waals surface area contributed by atoms with Gasteiger partial charge in [-0.25, -0.2) is 4.68 Å². The van der Waals surface area contributed by atoms with Gasteiger partial charge in [-0.1, -0.05) is 24.9 Å². The quantitative estimate of drug-likeness (QED) is 0.448. The average Bonchev–Trinajstić information content (AvgIpc) is 2.98. The number of hydrogen-bond donors (Lipinski definition) is 1. The van der Waals surface area contributed by atoms with E-state index in [2.05, 4.69) is 17.3 Å². The largest absolute Gasteiger partial charge is 0.385 e. The lowest BCUT2D eigenvalue weighted by Crippen LogP contribution is -2.26. The standard InChI is InChI=1S/C19H27ClN4O2S/c1-3-4-12-23-18(15-6-8-16(20)9-7-15)22-24(19(23)27)13-10-17(25)21-11-5-14-26-2/h6-9H,3-5,10-14H2,1-2H3,(H,21,25). The van der Waals surface area contributed by atoms with E-state index in [0.717, 1.165) is 37.2 Å². The van der Waals surface area contributed by atoms with Crippen LogP contribution in [0.4, 0.5) is 0 Å². The predicted octanol–water partition coefficient (Wildman–Crippen LogP) is 4.08. The molecule has 0 saturated heterocycles. The van der Waals surface area contributed by atoms with Crippen LogP contribution in [0.2, 0.25) is 5.02 Å². The number of halogens is 1. The molecule has 1 N–H and O–H groups in total. The Morgan fingerprint density at radius 2 is 2.00 bits per heavy atom. The van der Waals surface area contributed by atoms with Crippen LogP contribution in [0.5, 0.6) is 0 Å². The molecule has 0 aliphatic heterocycles. The molecule has 1 heterocycles. The second-order valence-corrected chi connectivity index (χ2v) is 7.09. The van der Waals surface area contributed by atoms with Crippen LogP contribution in [0.15, 0.2) is 24.3 Å². The Morgan fingerprint density at radius 1 is 1.26 bits per heavy atom. The number of nitrogens with one attached hydrogen (secondary N) is 1. The third kappa shape index (κ3) is 6.45. The van der Waals surface area contributed by atoms with Crippen LogP contribution in [0.1, 0.15) is 32.6 Å². The normalized spacial score (nSPS) is 10.9. The van der Waals surface area contributed by atoms with E-state index in [1.165, 1.54) is 0 Å². The average molecular weight is 411 g/mol. The summed E-state index contributed by atoms with van der Waals surface area (Å²) in [4.78, 5) is 12.0. The number of aryl methyl sites for hydroxylation is 1. The SMILES string of the molecule is CCCCn1c(-c2ccc(Cl)cc2)nn(CCC(=O)NCCCOC)c1=S. The third-order valence-corrected chi connectivity index (χ3v) is 4.84. The number of hydrogen-bond acceptors (Lipinski definition) is 4. The first kappa shape index (κ1) is 21.6. The molecule has 0 radical (unpaired) electrons. The number of benzene rings is 1. The van der Waals surface area contributed by atoms with Gasteiger partial charge in [0.15, 0.2) is 10.6 Å². The van der Waals surface area contributed by atoms with Crippen LogP contribution in [0.3, 0.4) is 0 Å². The first-order valence-corrected chi connectivity index (χ1v) is 10.0. The van der Waals surface area contributed by atoms with E-state index in [1.54, 1.807) is 11.8 Å². The second-order valence-electron chi connectivity index (χ2n) is 6.29. The molecule has 1 aromatic carbocycles. The Balaban J connectivity index is 2.11. The molecule has 2 rings (SSSR count). The van der Waals surface area contributed by atoms with E-state index in [1.807, 2.05) is 28.8 Å². The summed E-state index contributed by atoms with van der Waals surface area (Å²) in [5, 5.41) is 8.24. The highest BCUT2D eigenvalue weighted by atomic mass is 35.5. The summed E-state index contributed by atoms with van der Waals surface area (Å²) in [7, 11) is 1.65. The molecule has 0 spiro atoms. The van der Waals surface area contributed by atoms with Crippen molar-refractivity contribution in [2.75, 3.05) is 20.3 Å². The van der Waals surface area contributed by atoms with Crippen LogP contribution in [-0.4, -0.2) is 40.5 Å². The van der Waals surface area contributed by atoms with Gasteiger partial charge in [0, 0.05) is 43.8 Å². The van der Waals surface area contributed by atoms with Crippen molar-refractivity contribution in [3.05, 3.63) is 34.1 Å². The highest BCUT2D eigenvalue weighted by Crippen LogP contribution is 2.21. The van der Waals surface area contributed by atoms with Crippen LogP contribution < -0.4 is 5.32 Å². The lowest BCUT2D eigenvalue weighted by Gasteiger charge is -2.06. The van der Waals surface area contributed by atoms with Crippen LogP contribution >= 0.6 is 23.8 Å². The Labute approximate surface area is 170 Å². The van der Waals surface area contributed by atoms with E-state index in [0.29, 0.717) is 35.9 Å². The van der Waals surface area contributed by atoms with Crippen molar-refractivity contribution in [3.8, 4) is 11.4 Å². The minimum absolute atomic E-state index is 0.0100. The number of rotatable bonds is 11. The summed E-state index contributed by atoms with van der Waals surface area (Å²) in [6.45, 7) is 4.64. The topological polar surface area (TPSA) is 61.1 Å². The Hall–Kier alpha value is -1.70. The molecule has 1 aromatic heterocycles. The van der Waals surface area contributed by atoms with Crippen LogP contribution in [-0.2, 0) is 22.6 Å². The van der Waals surface area contributed by atoms with Crippen molar-refractivity contribution < 1.29 is 9.53 Å². The first-order chi connectivity index (χ1) is 13.1. The maximum atomic E-state index is 12.0. The molecule has 2 aromatic rings. The zero-order chi connectivity index (χ0) is 19.6. The lowest BCUT2D eigenvalue weighted by molar-refractivity contribution is -0.121. The van der Waals surface area contributed by atoms with Crippen molar-refractivity contribution in [3.63, 3.8) is 0 Å². The molecule has 0 unspecified atom stereocenters. The van der Waals surface area contributed by atoms with Crippen molar-refractivity contribution in [1.82, 2.24) is 19.7 Å². The van der Waals surface area contributed by atoms with Gasteiger partial charge in [-0.15, -0.1) is 0 Å². The van der Waals surface area contributed by atoms with Gasteiger partial charge in [-0.05, 0) is 49.3 Å². The zero-order valence-corrected chi connectivity index (χ0v) is 17.5. The monoisotopic (exact) mass is 410 g/mol. The van der Waals surface area contributed by atoms with E-state index in [9.17, 15) is 4.79 Å². The third-order valence-electron chi connectivity index (χ3n) is 4.16. The summed E-state index contributed by atoms with van der Waals surface area (Å²) < 4.78 is 9.40. The second kappa shape index (κ2) is 11.2. The van der Waals surface area contributed by atoms with Gasteiger partial charge in [0.2, 0.25) is 5.91 Å². The highest BCUT2D eigenvalue weighted by molar-refractivity contribution is 7.71. The van der Waals surface area contributed by atoms with Crippen molar-refractivity contribution in [1.29, 1.82) is 0 Å². The zero-order valence-electron chi connectivity index (χ0n) is 15.9. The molecule has 0 fully saturated rings. The summed E-state index contributed by atoms with van der Waals surface area (Å²) in [6.07, 6.45) is 3.22. The van der Waals surface area contributed by atoms with Crippen molar-refractivity contribution in [2.24, 2.45) is 0 Å². The van der Waals surface area contributed by atoms with E-state index >= 15 is 0 Å². The van der Waals surface area contributed by atoms with E-state index in [4.69, 9.17) is 28.6 Å². The number of ether oxygens (including phenoxy) is 1. The maximum absolute atomic E-state index is 12.0. The molecule has 0 aliphatic rings. The van der Waals surface area contributed by atoms with Crippen LogP contribution in [0.25, 0.3) is 11.4 Å². The molecule has 6 nitrogen and oxygen atoms in total. The molecule has 0 bridgehead atoms. The number of amides is 1. The minimum Gasteiger partial charge on any atom is -0.385 e. The Bertz CT molecular complexity index is 786. The number of methoxy groups -OCH3 is 1. The fourth-order valence-electron chi connectivity index (χ4n) is 2.66. The summed E-state index contributed by atoms with van der Waals surface area (Å²) in [5.74, 6) is 0.801. The number of aromatic nitrogens is 3. The molecule has 148 valence electrons. The smallest absolute Gasteiger partial charge is 0.221 e. The van der Waals surface area contributed by atoms with E-state index < -0.39 is 0 Å². The molecule has 0 aliphatic carbocycles. The number of carbonyl (C=O) groups is 1. The molecular formula is C19H27ClN4O2S. The van der Waals surface area contributed by atoms with Gasteiger partial charge in [0.25, 0.3) is 0 Å². The predicted molar refractivity (Wildman–Crippen MR) is 111 cm³/mol. The van der Waals surface area contributed by atoms with Crippen molar-refractivity contribution in [2.45, 2.75) is 45.7 Å². The van der Waals surface area contributed by atoms with Gasteiger partial charge >= 0.3 is 0 Å². The first-order valence-electron chi connectivity index (χ1n) is 9.26. The Kier molecular flexibility index (Phi) is 8.97. The van der Waals surface area contributed by atoms with Crippen molar-refractivity contribution >= 4 is 29.7 Å². The highest BCUT2D eigenvalue weighted by Gasteiger charge is 2.13. The number of unbranched alkanes of at least 4 members (excludes halogenated alkanes) is 1. The Morgan fingerprint density at radius 3 is 2.67 bits per heavy atom. The fraction of sp³-hybridized carbons (Fsp3) is 0.526. The fourth-order valence-corrected chi connectivity index (χ4v) is 3.09. The molecule has 27 heavy (non-hydrogen) atoms. The number of nitrogens with zero attached hydrogens (tertiary/aromatic N) is 3. The molecule has 0 atom stereocenters. The minimum atomic E-state index is -0.0100. The molecular weight excluding hydrogens is 384 g/mol. The van der Waals surface area contributed by atoms with Gasteiger partial charge in [-0.2, -0.15) is 5.10 Å². The van der Waals surface area contributed by atoms with Gasteiger partial charge < -0.3 is 10.1 Å². The van der Waals surface area contributed by atoms with Crippen LogP contribution in [0, 0.1) is 4.77 Å². The van der Waals surface area contributed by atoms with Gasteiger partial charge in [0.1, 0.15) is 0 Å². The molecule has 8 heteroatoms. The van der Waals surface area contributed by atoms with Gasteiger partial charge in [-0.3, -0.25) is 9.36 Å². The summed E-state index contributed by atoms with van der Waals surface area (Å²) in [5.41, 5.74) is 0.962. The van der Waals surface area contributed by atoms with Gasteiger partial charge in [0.05, 0.1) is 6.54 Å². The summed E-state index contributed by atoms with van der Waals surface area (Å²) in [6, 6.07) is 7.57. The molecule has 1 amide bonds. The lowest BCUT2D eigenvalue weighted by atomic mass is 10.2. The molecule has 0 saturated carbocycles. The number of carbonyl (C=O) groups excluding carboxylic acids is 1.